The minimum absolute atomic E-state index is 0.562. The number of hydrogen-bond donors (Lipinski definition) is 3. The first kappa shape index (κ1) is 13.4. The minimum atomic E-state index is -0.589. The Labute approximate surface area is 117 Å². The Morgan fingerprint density at radius 2 is 1.75 bits per heavy atom. The fourth-order valence-electron chi connectivity index (χ4n) is 1.79. The summed E-state index contributed by atoms with van der Waals surface area (Å²) < 4.78 is 0. The van der Waals surface area contributed by atoms with Crippen molar-refractivity contribution in [3.63, 3.8) is 0 Å². The van der Waals surface area contributed by atoms with Gasteiger partial charge in [0.2, 0.25) is 0 Å². The van der Waals surface area contributed by atoms with Crippen molar-refractivity contribution in [3.05, 3.63) is 59.7 Å². The van der Waals surface area contributed by atoms with Crippen LogP contribution in [-0.2, 0) is 6.54 Å². The van der Waals surface area contributed by atoms with Crippen molar-refractivity contribution in [2.24, 2.45) is 5.73 Å². The Bertz CT molecular complexity index is 644. The first-order valence-electron chi connectivity index (χ1n) is 6.07. The normalized spacial score (nSPS) is 9.55. The second-order valence-corrected chi connectivity index (χ2v) is 4.19. The lowest BCUT2D eigenvalue weighted by Gasteiger charge is -2.09. The van der Waals surface area contributed by atoms with Gasteiger partial charge < -0.3 is 16.4 Å². The lowest BCUT2D eigenvalue weighted by molar-refractivity contribution is 0.259. The lowest BCUT2D eigenvalue weighted by Crippen LogP contribution is -2.19. The van der Waals surface area contributed by atoms with Crippen molar-refractivity contribution in [3.8, 4) is 6.07 Å². The van der Waals surface area contributed by atoms with Crippen LogP contribution in [0.2, 0.25) is 0 Å². The molecular weight excluding hydrogens is 252 g/mol. The molecule has 5 heteroatoms. The number of urea groups is 1. The molecule has 0 heterocycles. The van der Waals surface area contributed by atoms with Gasteiger partial charge in [0.1, 0.15) is 0 Å². The molecule has 20 heavy (non-hydrogen) atoms. The molecule has 0 aliphatic carbocycles. The van der Waals surface area contributed by atoms with E-state index in [0.29, 0.717) is 17.8 Å². The number of benzene rings is 2. The predicted molar refractivity (Wildman–Crippen MR) is 78.1 cm³/mol. The van der Waals surface area contributed by atoms with Crippen LogP contribution in [0.25, 0.3) is 0 Å². The highest BCUT2D eigenvalue weighted by molar-refractivity contribution is 5.87. The van der Waals surface area contributed by atoms with E-state index in [1.807, 2.05) is 30.3 Å². The number of rotatable bonds is 4. The minimum Gasteiger partial charge on any atom is -0.381 e. The van der Waals surface area contributed by atoms with E-state index in [4.69, 9.17) is 11.0 Å². The van der Waals surface area contributed by atoms with Crippen LogP contribution in [0.1, 0.15) is 11.1 Å². The second-order valence-electron chi connectivity index (χ2n) is 4.19. The summed E-state index contributed by atoms with van der Waals surface area (Å²) in [6, 6.07) is 16.2. The Morgan fingerprint density at radius 3 is 2.40 bits per heavy atom. The summed E-state index contributed by atoms with van der Waals surface area (Å²) >= 11 is 0. The van der Waals surface area contributed by atoms with Crippen molar-refractivity contribution in [2.45, 2.75) is 6.54 Å². The molecule has 0 saturated heterocycles. The van der Waals surface area contributed by atoms with E-state index in [9.17, 15) is 4.79 Å². The number of nitriles is 1. The van der Waals surface area contributed by atoms with E-state index in [-0.39, 0.29) is 0 Å². The first-order valence-corrected chi connectivity index (χ1v) is 6.07. The molecule has 0 aliphatic rings. The quantitative estimate of drug-likeness (QED) is 0.794. The zero-order valence-corrected chi connectivity index (χ0v) is 10.8. The average molecular weight is 266 g/mol. The van der Waals surface area contributed by atoms with Crippen molar-refractivity contribution in [2.75, 3.05) is 10.6 Å². The molecule has 0 unspecified atom stereocenters. The number of hydrogen-bond acceptors (Lipinski definition) is 3. The van der Waals surface area contributed by atoms with Crippen molar-refractivity contribution < 1.29 is 4.79 Å². The summed E-state index contributed by atoms with van der Waals surface area (Å²) in [5, 5.41) is 14.7. The summed E-state index contributed by atoms with van der Waals surface area (Å²) in [4.78, 5) is 10.7. The van der Waals surface area contributed by atoms with Gasteiger partial charge >= 0.3 is 6.03 Å². The molecule has 4 N–H and O–H groups in total. The Hall–Kier alpha value is -3.00. The zero-order valence-electron chi connectivity index (χ0n) is 10.8. The molecule has 2 aromatic rings. The van der Waals surface area contributed by atoms with E-state index in [0.717, 1.165) is 11.3 Å². The maximum absolute atomic E-state index is 10.7. The third-order valence-electron chi connectivity index (χ3n) is 2.77. The number of carbonyl (C=O) groups excluding carboxylic acids is 1. The molecule has 0 radical (unpaired) electrons. The van der Waals surface area contributed by atoms with Crippen LogP contribution in [0.4, 0.5) is 16.2 Å². The molecule has 0 fully saturated rings. The van der Waals surface area contributed by atoms with Gasteiger partial charge in [0.05, 0.1) is 11.6 Å². The molecule has 0 atom stereocenters. The first-order chi connectivity index (χ1) is 9.69. The van der Waals surface area contributed by atoms with Gasteiger partial charge in [0.15, 0.2) is 0 Å². The maximum Gasteiger partial charge on any atom is 0.316 e. The van der Waals surface area contributed by atoms with Gasteiger partial charge in [-0.2, -0.15) is 5.26 Å². The standard InChI is InChI=1S/C15H14N4O/c16-9-11-3-1-2-4-12(11)10-18-13-5-7-14(8-6-13)19-15(17)20/h1-8,18H,10H2,(H3,17,19,20). The van der Waals surface area contributed by atoms with Gasteiger partial charge in [-0.3, -0.25) is 0 Å². The molecule has 0 saturated carbocycles. The lowest BCUT2D eigenvalue weighted by atomic mass is 10.1. The number of primary amides is 1. The number of carbonyl (C=O) groups is 1. The summed E-state index contributed by atoms with van der Waals surface area (Å²) in [6.07, 6.45) is 0. The van der Waals surface area contributed by atoms with Gasteiger partial charge in [-0.25, -0.2) is 4.79 Å². The van der Waals surface area contributed by atoms with Gasteiger partial charge in [0, 0.05) is 17.9 Å². The van der Waals surface area contributed by atoms with E-state index in [1.165, 1.54) is 0 Å². The summed E-state index contributed by atoms with van der Waals surface area (Å²) in [6.45, 7) is 0.562. The fourth-order valence-corrected chi connectivity index (χ4v) is 1.79. The second kappa shape index (κ2) is 6.25. The number of nitrogens with one attached hydrogen (secondary N) is 2. The molecule has 0 aromatic heterocycles. The van der Waals surface area contributed by atoms with E-state index >= 15 is 0 Å². The fraction of sp³-hybridized carbons (Fsp3) is 0.0667. The van der Waals surface area contributed by atoms with Crippen LogP contribution < -0.4 is 16.4 Å². The smallest absolute Gasteiger partial charge is 0.316 e. The topological polar surface area (TPSA) is 90.9 Å². The van der Waals surface area contributed by atoms with Crippen LogP contribution in [0.15, 0.2) is 48.5 Å². The van der Waals surface area contributed by atoms with Gasteiger partial charge in [0.25, 0.3) is 0 Å². The molecule has 0 bridgehead atoms. The monoisotopic (exact) mass is 266 g/mol. The molecule has 2 aromatic carbocycles. The molecule has 0 spiro atoms. The highest BCUT2D eigenvalue weighted by atomic mass is 16.2. The van der Waals surface area contributed by atoms with Gasteiger partial charge in [-0.05, 0) is 35.9 Å². The Balaban J connectivity index is 2.01. The van der Waals surface area contributed by atoms with E-state index in [2.05, 4.69) is 16.7 Å². The van der Waals surface area contributed by atoms with Crippen LogP contribution in [0.3, 0.4) is 0 Å². The Morgan fingerprint density at radius 1 is 1.10 bits per heavy atom. The number of amides is 2. The highest BCUT2D eigenvalue weighted by Gasteiger charge is 2.01. The third-order valence-corrected chi connectivity index (χ3v) is 2.77. The SMILES string of the molecule is N#Cc1ccccc1CNc1ccc(NC(N)=O)cc1. The molecule has 2 amide bonds. The Kier molecular flexibility index (Phi) is 4.20. The van der Waals surface area contributed by atoms with Crippen molar-refractivity contribution >= 4 is 17.4 Å². The number of nitrogens with zero attached hydrogens (tertiary/aromatic N) is 1. The van der Waals surface area contributed by atoms with Crippen molar-refractivity contribution in [1.82, 2.24) is 0 Å². The average Bonchev–Trinajstić information content (AvgIpc) is 2.46. The summed E-state index contributed by atoms with van der Waals surface area (Å²) in [5.74, 6) is 0. The molecular formula is C15H14N4O. The number of nitrogens with two attached hydrogens (primary N) is 1. The predicted octanol–water partition coefficient (Wildman–Crippen LogP) is 2.66. The molecule has 100 valence electrons. The van der Waals surface area contributed by atoms with Gasteiger partial charge in [-0.15, -0.1) is 0 Å². The number of anilines is 2. The molecule has 0 aliphatic heterocycles. The van der Waals surface area contributed by atoms with Crippen LogP contribution in [0.5, 0.6) is 0 Å². The maximum atomic E-state index is 10.7. The van der Waals surface area contributed by atoms with Crippen LogP contribution in [0, 0.1) is 11.3 Å². The van der Waals surface area contributed by atoms with E-state index in [1.54, 1.807) is 18.2 Å². The van der Waals surface area contributed by atoms with Crippen LogP contribution >= 0.6 is 0 Å². The summed E-state index contributed by atoms with van der Waals surface area (Å²) in [5.41, 5.74) is 8.17. The van der Waals surface area contributed by atoms with Gasteiger partial charge in [-0.1, -0.05) is 18.2 Å². The molecule has 5 nitrogen and oxygen atoms in total. The zero-order chi connectivity index (χ0) is 14.4. The van der Waals surface area contributed by atoms with Crippen LogP contribution in [-0.4, -0.2) is 6.03 Å². The largest absolute Gasteiger partial charge is 0.381 e. The highest BCUT2D eigenvalue weighted by Crippen LogP contribution is 2.15. The van der Waals surface area contributed by atoms with E-state index < -0.39 is 6.03 Å². The van der Waals surface area contributed by atoms with Crippen molar-refractivity contribution in [1.29, 1.82) is 5.26 Å². The third kappa shape index (κ3) is 3.50. The summed E-state index contributed by atoms with van der Waals surface area (Å²) in [7, 11) is 0. The molecule has 2 rings (SSSR count).